The molecule has 1 aromatic heterocycles. The fraction of sp³-hybridized carbons (Fsp3) is 0.346. The molecule has 1 aliphatic rings. The first-order valence-corrected chi connectivity index (χ1v) is 11.3. The lowest BCUT2D eigenvalue weighted by molar-refractivity contribution is 0.0916. The molecule has 1 saturated heterocycles. The van der Waals surface area contributed by atoms with Crippen LogP contribution in [-0.2, 0) is 0 Å². The van der Waals surface area contributed by atoms with Gasteiger partial charge in [0.1, 0.15) is 28.6 Å². The lowest BCUT2D eigenvalue weighted by Crippen LogP contribution is -2.49. The molecule has 0 radical (unpaired) electrons. The Morgan fingerprint density at radius 3 is 2.15 bits per heavy atom. The van der Waals surface area contributed by atoms with Crippen LogP contribution in [0.5, 0.6) is 17.2 Å². The molecule has 2 heterocycles. The molecule has 1 N–H and O–H groups in total. The standard InChI is InChI=1S/C26H31N3O5/c1-31-20-11-9-19(10-12-20)28-13-15-29(16-14-28)21(22-8-5-17-34-22)18-27-26(30)25-23(32-2)6-4-7-24(25)33-3/h4-12,17,21H,13-16,18H2,1-3H3,(H,27,30). The molecule has 0 bridgehead atoms. The third-order valence-electron chi connectivity index (χ3n) is 6.18. The Morgan fingerprint density at radius 1 is 0.912 bits per heavy atom. The second-order valence-electron chi connectivity index (χ2n) is 8.00. The van der Waals surface area contributed by atoms with E-state index in [1.165, 1.54) is 5.69 Å². The molecule has 8 heteroatoms. The number of piperazine rings is 1. The predicted molar refractivity (Wildman–Crippen MR) is 130 cm³/mol. The van der Waals surface area contributed by atoms with Crippen molar-refractivity contribution in [2.45, 2.75) is 6.04 Å². The zero-order valence-corrected chi connectivity index (χ0v) is 19.8. The molecule has 1 amide bonds. The monoisotopic (exact) mass is 465 g/mol. The molecule has 34 heavy (non-hydrogen) atoms. The molecular weight excluding hydrogens is 434 g/mol. The molecule has 180 valence electrons. The minimum Gasteiger partial charge on any atom is -0.497 e. The number of hydrogen-bond donors (Lipinski definition) is 1. The number of furan rings is 1. The lowest BCUT2D eigenvalue weighted by atomic mass is 10.1. The van der Waals surface area contributed by atoms with Crippen LogP contribution >= 0.6 is 0 Å². The highest BCUT2D eigenvalue weighted by Crippen LogP contribution is 2.29. The van der Waals surface area contributed by atoms with Crippen LogP contribution in [0, 0.1) is 0 Å². The molecule has 3 aromatic rings. The summed E-state index contributed by atoms with van der Waals surface area (Å²) in [4.78, 5) is 17.8. The number of ether oxygens (including phenoxy) is 3. The number of nitrogens with zero attached hydrogens (tertiary/aromatic N) is 2. The van der Waals surface area contributed by atoms with Crippen molar-refractivity contribution >= 4 is 11.6 Å². The van der Waals surface area contributed by atoms with E-state index in [2.05, 4.69) is 27.2 Å². The maximum atomic E-state index is 13.1. The van der Waals surface area contributed by atoms with Gasteiger partial charge in [-0.15, -0.1) is 0 Å². The summed E-state index contributed by atoms with van der Waals surface area (Å²) < 4.78 is 21.8. The van der Waals surface area contributed by atoms with Crippen LogP contribution < -0.4 is 24.4 Å². The predicted octanol–water partition coefficient (Wildman–Crippen LogP) is 3.60. The van der Waals surface area contributed by atoms with E-state index in [0.29, 0.717) is 23.6 Å². The van der Waals surface area contributed by atoms with Gasteiger partial charge in [0.05, 0.1) is 33.6 Å². The fourth-order valence-corrected chi connectivity index (χ4v) is 4.33. The molecule has 0 saturated carbocycles. The molecule has 2 aromatic carbocycles. The summed E-state index contributed by atoms with van der Waals surface area (Å²) in [5.41, 5.74) is 1.56. The van der Waals surface area contributed by atoms with Gasteiger partial charge in [-0.1, -0.05) is 6.07 Å². The van der Waals surface area contributed by atoms with Gasteiger partial charge < -0.3 is 28.8 Å². The van der Waals surface area contributed by atoms with Crippen LogP contribution in [0.1, 0.15) is 22.2 Å². The third-order valence-corrected chi connectivity index (χ3v) is 6.18. The van der Waals surface area contributed by atoms with E-state index >= 15 is 0 Å². The number of carbonyl (C=O) groups is 1. The summed E-state index contributed by atoms with van der Waals surface area (Å²) in [6.07, 6.45) is 1.67. The minimum atomic E-state index is -0.247. The van der Waals surface area contributed by atoms with E-state index in [9.17, 15) is 4.79 Å². The number of carbonyl (C=O) groups excluding carboxylic acids is 1. The second-order valence-corrected chi connectivity index (χ2v) is 8.00. The van der Waals surface area contributed by atoms with Crippen molar-refractivity contribution in [1.29, 1.82) is 0 Å². The zero-order chi connectivity index (χ0) is 23.9. The Morgan fingerprint density at radius 2 is 1.59 bits per heavy atom. The maximum absolute atomic E-state index is 13.1. The molecule has 1 unspecified atom stereocenters. The van der Waals surface area contributed by atoms with E-state index in [1.807, 2.05) is 24.3 Å². The SMILES string of the molecule is COc1ccc(N2CCN(C(CNC(=O)c3c(OC)cccc3OC)c3ccco3)CC2)cc1. The van der Waals surface area contributed by atoms with Crippen LogP contribution in [0.4, 0.5) is 5.69 Å². The van der Waals surface area contributed by atoms with Crippen LogP contribution in [0.2, 0.25) is 0 Å². The number of methoxy groups -OCH3 is 3. The fourth-order valence-electron chi connectivity index (χ4n) is 4.33. The van der Waals surface area contributed by atoms with Crippen LogP contribution in [0.25, 0.3) is 0 Å². The molecule has 1 aliphatic heterocycles. The Labute approximate surface area is 200 Å². The molecular formula is C26H31N3O5. The number of hydrogen-bond acceptors (Lipinski definition) is 7. The normalized spacial score (nSPS) is 15.0. The topological polar surface area (TPSA) is 76.4 Å². The van der Waals surface area contributed by atoms with Crippen LogP contribution in [-0.4, -0.2) is 64.9 Å². The van der Waals surface area contributed by atoms with Gasteiger partial charge >= 0.3 is 0 Å². The minimum absolute atomic E-state index is 0.0855. The zero-order valence-electron chi connectivity index (χ0n) is 19.8. The van der Waals surface area contributed by atoms with E-state index in [4.69, 9.17) is 18.6 Å². The van der Waals surface area contributed by atoms with Gasteiger partial charge in [-0.2, -0.15) is 0 Å². The number of amides is 1. The highest BCUT2D eigenvalue weighted by molar-refractivity contribution is 5.99. The summed E-state index contributed by atoms with van der Waals surface area (Å²) in [6, 6.07) is 17.2. The van der Waals surface area contributed by atoms with Crippen molar-refractivity contribution in [2.75, 3.05) is 59.0 Å². The van der Waals surface area contributed by atoms with Crippen LogP contribution in [0.3, 0.4) is 0 Å². The quantitative estimate of drug-likeness (QED) is 0.517. The molecule has 8 nitrogen and oxygen atoms in total. The molecule has 1 atom stereocenters. The number of benzene rings is 2. The lowest BCUT2D eigenvalue weighted by Gasteiger charge is -2.39. The molecule has 1 fully saturated rings. The smallest absolute Gasteiger partial charge is 0.258 e. The summed E-state index contributed by atoms with van der Waals surface area (Å²) in [5.74, 6) is 2.37. The van der Waals surface area contributed by atoms with Gasteiger partial charge in [0.2, 0.25) is 0 Å². The summed E-state index contributed by atoms with van der Waals surface area (Å²) in [6.45, 7) is 3.82. The van der Waals surface area contributed by atoms with Gasteiger partial charge in [0.15, 0.2) is 0 Å². The summed E-state index contributed by atoms with van der Waals surface area (Å²) in [7, 11) is 4.75. The Balaban J connectivity index is 1.44. The molecule has 0 spiro atoms. The number of anilines is 1. The average Bonchev–Trinajstić information content (AvgIpc) is 3.43. The first-order chi connectivity index (χ1) is 16.6. The van der Waals surface area contributed by atoms with Gasteiger partial charge in [-0.05, 0) is 48.5 Å². The van der Waals surface area contributed by atoms with Gasteiger partial charge in [-0.25, -0.2) is 0 Å². The first-order valence-electron chi connectivity index (χ1n) is 11.3. The third kappa shape index (κ3) is 5.12. The Bertz CT molecular complexity index is 1040. The number of rotatable bonds is 9. The van der Waals surface area contributed by atoms with Gasteiger partial charge in [0.25, 0.3) is 5.91 Å². The molecule has 4 rings (SSSR count). The first kappa shape index (κ1) is 23.5. The highest BCUT2D eigenvalue weighted by Gasteiger charge is 2.28. The highest BCUT2D eigenvalue weighted by atomic mass is 16.5. The summed E-state index contributed by atoms with van der Waals surface area (Å²) >= 11 is 0. The van der Waals surface area contributed by atoms with Gasteiger partial charge in [-0.3, -0.25) is 9.69 Å². The van der Waals surface area contributed by atoms with Gasteiger partial charge in [0, 0.05) is 38.4 Å². The van der Waals surface area contributed by atoms with Crippen molar-refractivity contribution in [3.63, 3.8) is 0 Å². The van der Waals surface area contributed by atoms with E-state index in [-0.39, 0.29) is 11.9 Å². The second kappa shape index (κ2) is 11.0. The average molecular weight is 466 g/mol. The van der Waals surface area contributed by atoms with E-state index < -0.39 is 0 Å². The van der Waals surface area contributed by atoms with Crippen molar-refractivity contribution < 1.29 is 23.4 Å². The summed E-state index contributed by atoms with van der Waals surface area (Å²) in [5, 5.41) is 3.06. The van der Waals surface area contributed by atoms with Crippen LogP contribution in [0.15, 0.2) is 65.3 Å². The largest absolute Gasteiger partial charge is 0.497 e. The van der Waals surface area contributed by atoms with Crippen molar-refractivity contribution in [2.24, 2.45) is 0 Å². The Hall–Kier alpha value is -3.65. The van der Waals surface area contributed by atoms with Crippen molar-refractivity contribution in [1.82, 2.24) is 10.2 Å². The van der Waals surface area contributed by atoms with Crippen molar-refractivity contribution in [3.8, 4) is 17.2 Å². The maximum Gasteiger partial charge on any atom is 0.258 e. The molecule has 0 aliphatic carbocycles. The van der Waals surface area contributed by atoms with E-state index in [0.717, 1.165) is 37.7 Å². The number of nitrogens with one attached hydrogen (secondary N) is 1. The van der Waals surface area contributed by atoms with E-state index in [1.54, 1.807) is 45.8 Å². The van der Waals surface area contributed by atoms with Crippen molar-refractivity contribution in [3.05, 3.63) is 72.2 Å². The Kier molecular flexibility index (Phi) is 7.59.